The van der Waals surface area contributed by atoms with E-state index in [4.69, 9.17) is 4.52 Å². The molecule has 1 aliphatic heterocycles. The number of rotatable bonds is 5. The van der Waals surface area contributed by atoms with Crippen molar-refractivity contribution in [2.75, 3.05) is 19.6 Å². The molecule has 0 bridgehead atoms. The van der Waals surface area contributed by atoms with Crippen LogP contribution in [0.1, 0.15) is 29.9 Å². The molecular formula is C14H21F2N3O2. The molecule has 1 fully saturated rings. The molecule has 21 heavy (non-hydrogen) atoms. The zero-order valence-corrected chi connectivity index (χ0v) is 12.4. The summed E-state index contributed by atoms with van der Waals surface area (Å²) in [5, 5.41) is 6.23. The normalized spacial score (nSPS) is 20.0. The van der Waals surface area contributed by atoms with Gasteiger partial charge in [-0.2, -0.15) is 0 Å². The fourth-order valence-corrected chi connectivity index (χ4v) is 2.69. The third-order valence-corrected chi connectivity index (χ3v) is 3.87. The molecule has 0 aliphatic carbocycles. The summed E-state index contributed by atoms with van der Waals surface area (Å²) in [6.45, 7) is 5.34. The first-order valence-electron chi connectivity index (χ1n) is 7.17. The van der Waals surface area contributed by atoms with Crippen molar-refractivity contribution in [1.82, 2.24) is 15.4 Å². The highest BCUT2D eigenvalue weighted by Crippen LogP contribution is 2.21. The van der Waals surface area contributed by atoms with Crippen molar-refractivity contribution < 1.29 is 18.1 Å². The van der Waals surface area contributed by atoms with E-state index < -0.39 is 13.0 Å². The Morgan fingerprint density at radius 1 is 1.52 bits per heavy atom. The lowest BCUT2D eigenvalue weighted by molar-refractivity contribution is -0.127. The van der Waals surface area contributed by atoms with E-state index in [0.717, 1.165) is 36.4 Å². The van der Waals surface area contributed by atoms with Gasteiger partial charge in [-0.1, -0.05) is 5.16 Å². The molecule has 0 radical (unpaired) electrons. The first-order chi connectivity index (χ1) is 9.97. The standard InChI is InChI=1S/C14H21F2N3O2/c1-9-12(10(2)21-18-9)8-19-5-3-4-11(7-19)14(20)17-6-13(15)16/h11,13H,3-8H2,1-2H3,(H,17,20). The summed E-state index contributed by atoms with van der Waals surface area (Å²) in [4.78, 5) is 14.0. The summed E-state index contributed by atoms with van der Waals surface area (Å²) >= 11 is 0. The van der Waals surface area contributed by atoms with Gasteiger partial charge in [-0.15, -0.1) is 0 Å². The van der Waals surface area contributed by atoms with Crippen LogP contribution in [0, 0.1) is 19.8 Å². The maximum absolute atomic E-state index is 12.1. The van der Waals surface area contributed by atoms with Gasteiger partial charge in [0.1, 0.15) is 5.76 Å². The number of carbonyl (C=O) groups excluding carboxylic acids is 1. The number of aromatic nitrogens is 1. The smallest absolute Gasteiger partial charge is 0.255 e. The number of hydrogen-bond acceptors (Lipinski definition) is 4. The fourth-order valence-electron chi connectivity index (χ4n) is 2.69. The lowest BCUT2D eigenvalue weighted by Crippen LogP contribution is -2.43. The van der Waals surface area contributed by atoms with Gasteiger partial charge in [0.05, 0.1) is 18.2 Å². The van der Waals surface area contributed by atoms with Gasteiger partial charge in [0, 0.05) is 18.7 Å². The lowest BCUT2D eigenvalue weighted by Gasteiger charge is -2.31. The molecule has 7 heteroatoms. The highest BCUT2D eigenvalue weighted by Gasteiger charge is 2.27. The fraction of sp³-hybridized carbons (Fsp3) is 0.714. The number of likely N-dealkylation sites (tertiary alicyclic amines) is 1. The third kappa shape index (κ3) is 4.23. The molecule has 1 unspecified atom stereocenters. The molecule has 1 saturated heterocycles. The Kier molecular flexibility index (Phi) is 5.27. The second-order valence-electron chi connectivity index (χ2n) is 5.51. The Morgan fingerprint density at radius 2 is 2.29 bits per heavy atom. The quantitative estimate of drug-likeness (QED) is 0.902. The van der Waals surface area contributed by atoms with E-state index in [-0.39, 0.29) is 11.8 Å². The molecule has 2 rings (SSSR count). The van der Waals surface area contributed by atoms with Gasteiger partial charge in [0.25, 0.3) is 6.43 Å². The zero-order valence-electron chi connectivity index (χ0n) is 12.4. The molecule has 1 aromatic heterocycles. The molecule has 1 amide bonds. The topological polar surface area (TPSA) is 58.4 Å². The van der Waals surface area contributed by atoms with E-state index in [9.17, 15) is 13.6 Å². The second kappa shape index (κ2) is 6.98. The molecule has 0 saturated carbocycles. The molecule has 1 atom stereocenters. The largest absolute Gasteiger partial charge is 0.361 e. The van der Waals surface area contributed by atoms with Gasteiger partial charge in [-0.3, -0.25) is 9.69 Å². The monoisotopic (exact) mass is 301 g/mol. The Labute approximate surface area is 122 Å². The minimum atomic E-state index is -2.50. The average molecular weight is 301 g/mol. The van der Waals surface area contributed by atoms with Crippen LogP contribution < -0.4 is 5.32 Å². The molecule has 118 valence electrons. The van der Waals surface area contributed by atoms with Crippen molar-refractivity contribution in [3.05, 3.63) is 17.0 Å². The van der Waals surface area contributed by atoms with Gasteiger partial charge in [0.15, 0.2) is 0 Å². The van der Waals surface area contributed by atoms with Crippen LogP contribution >= 0.6 is 0 Å². The van der Waals surface area contributed by atoms with Crippen molar-refractivity contribution in [1.29, 1.82) is 0 Å². The molecule has 1 aliphatic rings. The number of amides is 1. The zero-order chi connectivity index (χ0) is 15.4. The van der Waals surface area contributed by atoms with Gasteiger partial charge in [0.2, 0.25) is 5.91 Å². The second-order valence-corrected chi connectivity index (χ2v) is 5.51. The Hall–Kier alpha value is -1.50. The van der Waals surface area contributed by atoms with Crippen LogP contribution in [-0.4, -0.2) is 42.0 Å². The van der Waals surface area contributed by atoms with Crippen molar-refractivity contribution in [3.63, 3.8) is 0 Å². The van der Waals surface area contributed by atoms with E-state index in [0.29, 0.717) is 13.1 Å². The number of nitrogens with one attached hydrogen (secondary N) is 1. The van der Waals surface area contributed by atoms with Gasteiger partial charge in [-0.25, -0.2) is 8.78 Å². The van der Waals surface area contributed by atoms with Crippen LogP contribution in [0.3, 0.4) is 0 Å². The SMILES string of the molecule is Cc1noc(C)c1CN1CCCC(C(=O)NCC(F)F)C1. The molecular weight excluding hydrogens is 280 g/mol. The van der Waals surface area contributed by atoms with Crippen molar-refractivity contribution in [3.8, 4) is 0 Å². The summed E-state index contributed by atoms with van der Waals surface area (Å²) in [6, 6.07) is 0. The predicted octanol–water partition coefficient (Wildman–Crippen LogP) is 1.88. The average Bonchev–Trinajstić information content (AvgIpc) is 2.77. The Balaban J connectivity index is 1.90. The number of nitrogens with zero attached hydrogens (tertiary/aromatic N) is 2. The number of alkyl halides is 2. The highest BCUT2D eigenvalue weighted by molar-refractivity contribution is 5.78. The van der Waals surface area contributed by atoms with Gasteiger partial charge in [-0.05, 0) is 33.2 Å². The number of carbonyl (C=O) groups is 1. The first-order valence-corrected chi connectivity index (χ1v) is 7.17. The first kappa shape index (κ1) is 15.9. The van der Waals surface area contributed by atoms with E-state index in [1.165, 1.54) is 0 Å². The molecule has 2 heterocycles. The van der Waals surface area contributed by atoms with Gasteiger partial charge < -0.3 is 9.84 Å². The summed E-state index contributed by atoms with van der Waals surface area (Å²) in [7, 11) is 0. The van der Waals surface area contributed by atoms with Crippen molar-refractivity contribution in [2.24, 2.45) is 5.92 Å². The van der Waals surface area contributed by atoms with Crippen LogP contribution in [0.2, 0.25) is 0 Å². The van der Waals surface area contributed by atoms with E-state index in [1.54, 1.807) is 0 Å². The van der Waals surface area contributed by atoms with Crippen LogP contribution in [0.15, 0.2) is 4.52 Å². The summed E-state index contributed by atoms with van der Waals surface area (Å²) in [6.07, 6.45) is -0.875. The molecule has 1 aromatic rings. The van der Waals surface area contributed by atoms with Crippen molar-refractivity contribution >= 4 is 5.91 Å². The molecule has 0 aromatic carbocycles. The summed E-state index contributed by atoms with van der Waals surface area (Å²) < 4.78 is 29.4. The molecule has 0 spiro atoms. The van der Waals surface area contributed by atoms with Crippen LogP contribution in [0.25, 0.3) is 0 Å². The highest BCUT2D eigenvalue weighted by atomic mass is 19.3. The minimum Gasteiger partial charge on any atom is -0.361 e. The van der Waals surface area contributed by atoms with Crippen molar-refractivity contribution in [2.45, 2.75) is 39.7 Å². The molecule has 1 N–H and O–H groups in total. The van der Waals surface area contributed by atoms with Crippen LogP contribution in [0.4, 0.5) is 8.78 Å². The van der Waals surface area contributed by atoms with Crippen LogP contribution in [-0.2, 0) is 11.3 Å². The third-order valence-electron chi connectivity index (χ3n) is 3.87. The minimum absolute atomic E-state index is 0.224. The van der Waals surface area contributed by atoms with Gasteiger partial charge >= 0.3 is 0 Å². The number of aryl methyl sites for hydroxylation is 2. The van der Waals surface area contributed by atoms with E-state index in [2.05, 4.69) is 15.4 Å². The number of piperidine rings is 1. The number of hydrogen-bond donors (Lipinski definition) is 1. The summed E-state index contributed by atoms with van der Waals surface area (Å²) in [5.74, 6) is 0.286. The van der Waals surface area contributed by atoms with E-state index in [1.807, 2.05) is 13.8 Å². The van der Waals surface area contributed by atoms with E-state index >= 15 is 0 Å². The Morgan fingerprint density at radius 3 is 2.90 bits per heavy atom. The maximum atomic E-state index is 12.1. The maximum Gasteiger partial charge on any atom is 0.255 e. The predicted molar refractivity (Wildman–Crippen MR) is 73.0 cm³/mol. The molecule has 5 nitrogen and oxygen atoms in total. The Bertz CT molecular complexity index is 471. The van der Waals surface area contributed by atoms with Crippen LogP contribution in [0.5, 0.6) is 0 Å². The number of halogens is 2. The lowest BCUT2D eigenvalue weighted by atomic mass is 9.96. The summed E-state index contributed by atoms with van der Waals surface area (Å²) in [5.41, 5.74) is 1.90.